The lowest BCUT2D eigenvalue weighted by Crippen LogP contribution is -1.94. The predicted molar refractivity (Wildman–Crippen MR) is 132 cm³/mol. The molecule has 0 aliphatic carbocycles. The number of nitrogens with zero attached hydrogens (tertiary/aromatic N) is 2. The lowest BCUT2D eigenvalue weighted by Gasteiger charge is -2.08. The first kappa shape index (κ1) is 21.1. The van der Waals surface area contributed by atoms with E-state index in [1.807, 2.05) is 84.9 Å². The summed E-state index contributed by atoms with van der Waals surface area (Å²) in [5, 5.41) is 20.6. The SMILES string of the molecule is Oc1cccc(-c2ccccc2)c1C=NCCN=Cc1c(O)cccc1-c1ccccc1. The van der Waals surface area contributed by atoms with Gasteiger partial charge in [0.05, 0.1) is 13.1 Å². The third-order valence-electron chi connectivity index (χ3n) is 5.13. The van der Waals surface area contributed by atoms with Crippen LogP contribution in [0.2, 0.25) is 0 Å². The highest BCUT2D eigenvalue weighted by Crippen LogP contribution is 2.29. The second-order valence-electron chi connectivity index (χ2n) is 7.28. The van der Waals surface area contributed by atoms with Gasteiger partial charge in [-0.25, -0.2) is 0 Å². The molecule has 4 aromatic carbocycles. The van der Waals surface area contributed by atoms with Gasteiger partial charge in [0.15, 0.2) is 0 Å². The molecular weight excluding hydrogens is 396 g/mol. The van der Waals surface area contributed by atoms with Gasteiger partial charge < -0.3 is 10.2 Å². The zero-order valence-electron chi connectivity index (χ0n) is 17.6. The van der Waals surface area contributed by atoms with Gasteiger partial charge in [0.25, 0.3) is 0 Å². The summed E-state index contributed by atoms with van der Waals surface area (Å²) in [7, 11) is 0. The highest BCUT2D eigenvalue weighted by Gasteiger charge is 2.08. The fourth-order valence-corrected chi connectivity index (χ4v) is 3.54. The molecule has 0 amide bonds. The largest absolute Gasteiger partial charge is 0.507 e. The Bertz CT molecular complexity index is 1130. The number of benzene rings is 4. The van der Waals surface area contributed by atoms with Crippen molar-refractivity contribution in [1.82, 2.24) is 0 Å². The van der Waals surface area contributed by atoms with Gasteiger partial charge in [-0.3, -0.25) is 9.98 Å². The quantitative estimate of drug-likeness (QED) is 0.286. The highest BCUT2D eigenvalue weighted by atomic mass is 16.3. The summed E-state index contributed by atoms with van der Waals surface area (Å²) < 4.78 is 0. The molecule has 0 saturated carbocycles. The smallest absolute Gasteiger partial charge is 0.124 e. The summed E-state index contributed by atoms with van der Waals surface area (Å²) in [6, 6.07) is 30.8. The van der Waals surface area contributed by atoms with E-state index >= 15 is 0 Å². The molecule has 0 aliphatic rings. The van der Waals surface area contributed by atoms with Crippen LogP contribution in [-0.2, 0) is 0 Å². The van der Waals surface area contributed by atoms with E-state index in [1.165, 1.54) is 0 Å². The zero-order chi connectivity index (χ0) is 22.2. The molecule has 4 rings (SSSR count). The maximum atomic E-state index is 10.3. The van der Waals surface area contributed by atoms with Crippen LogP contribution >= 0.6 is 0 Å². The molecule has 4 nitrogen and oxygen atoms in total. The Morgan fingerprint density at radius 2 is 0.906 bits per heavy atom. The van der Waals surface area contributed by atoms with Crippen molar-refractivity contribution >= 4 is 12.4 Å². The number of aliphatic imine (C=N–C) groups is 2. The van der Waals surface area contributed by atoms with Crippen molar-refractivity contribution in [2.45, 2.75) is 0 Å². The van der Waals surface area contributed by atoms with Gasteiger partial charge in [0.1, 0.15) is 11.5 Å². The van der Waals surface area contributed by atoms with E-state index in [9.17, 15) is 10.2 Å². The minimum absolute atomic E-state index is 0.195. The molecule has 0 saturated heterocycles. The molecule has 32 heavy (non-hydrogen) atoms. The van der Waals surface area contributed by atoms with Gasteiger partial charge in [-0.2, -0.15) is 0 Å². The lowest BCUT2D eigenvalue weighted by atomic mass is 9.99. The summed E-state index contributed by atoms with van der Waals surface area (Å²) in [5.74, 6) is 0.389. The van der Waals surface area contributed by atoms with Crippen molar-refractivity contribution in [2.24, 2.45) is 9.98 Å². The molecule has 0 unspecified atom stereocenters. The first-order chi connectivity index (χ1) is 15.7. The van der Waals surface area contributed by atoms with Crippen molar-refractivity contribution in [3.05, 3.63) is 108 Å². The van der Waals surface area contributed by atoms with Crippen LogP contribution in [0.1, 0.15) is 11.1 Å². The van der Waals surface area contributed by atoms with Crippen LogP contribution in [0, 0.1) is 0 Å². The Morgan fingerprint density at radius 3 is 1.31 bits per heavy atom. The second kappa shape index (κ2) is 10.2. The standard InChI is InChI=1S/C28H24N2O2/c31-27-15-7-13-23(21-9-3-1-4-10-21)25(27)19-29-17-18-30-20-26-24(14-8-16-28(26)32)22-11-5-2-6-12-22/h1-16,19-20,31-32H,17-18H2. The minimum atomic E-state index is 0.195. The van der Waals surface area contributed by atoms with E-state index in [-0.39, 0.29) is 11.5 Å². The molecule has 0 aliphatic heterocycles. The number of phenols is 2. The van der Waals surface area contributed by atoms with Gasteiger partial charge in [0, 0.05) is 23.6 Å². The highest BCUT2D eigenvalue weighted by molar-refractivity contribution is 5.94. The fraction of sp³-hybridized carbons (Fsp3) is 0.0714. The van der Waals surface area contributed by atoms with Crippen molar-refractivity contribution in [2.75, 3.05) is 13.1 Å². The van der Waals surface area contributed by atoms with E-state index in [0.29, 0.717) is 24.2 Å². The summed E-state index contributed by atoms with van der Waals surface area (Å²) in [6.45, 7) is 0.931. The molecule has 0 atom stereocenters. The van der Waals surface area contributed by atoms with Gasteiger partial charge in [0.2, 0.25) is 0 Å². The molecular formula is C28H24N2O2. The van der Waals surface area contributed by atoms with Crippen molar-refractivity contribution in [3.63, 3.8) is 0 Å². The van der Waals surface area contributed by atoms with E-state index in [4.69, 9.17) is 0 Å². The van der Waals surface area contributed by atoms with Crippen LogP contribution in [-0.4, -0.2) is 35.7 Å². The summed E-state index contributed by atoms with van der Waals surface area (Å²) in [4.78, 5) is 8.92. The average molecular weight is 421 g/mol. The molecule has 0 bridgehead atoms. The normalized spacial score (nSPS) is 11.4. The Hall–Kier alpha value is -4.18. The average Bonchev–Trinajstić information content (AvgIpc) is 2.84. The van der Waals surface area contributed by atoms with Crippen molar-refractivity contribution < 1.29 is 10.2 Å². The minimum Gasteiger partial charge on any atom is -0.507 e. The molecule has 158 valence electrons. The molecule has 0 aromatic heterocycles. The molecule has 0 fully saturated rings. The monoisotopic (exact) mass is 420 g/mol. The Kier molecular flexibility index (Phi) is 6.73. The Morgan fingerprint density at radius 1 is 0.500 bits per heavy atom. The van der Waals surface area contributed by atoms with E-state index in [1.54, 1.807) is 24.6 Å². The van der Waals surface area contributed by atoms with Crippen LogP contribution in [0.3, 0.4) is 0 Å². The first-order valence-corrected chi connectivity index (χ1v) is 10.5. The van der Waals surface area contributed by atoms with Crippen molar-refractivity contribution in [1.29, 1.82) is 0 Å². The van der Waals surface area contributed by atoms with Crippen LogP contribution in [0.25, 0.3) is 22.3 Å². The van der Waals surface area contributed by atoms with Gasteiger partial charge in [-0.1, -0.05) is 84.9 Å². The summed E-state index contributed by atoms with van der Waals surface area (Å²) >= 11 is 0. The van der Waals surface area contributed by atoms with Crippen LogP contribution in [0.4, 0.5) is 0 Å². The van der Waals surface area contributed by atoms with E-state index in [0.717, 1.165) is 22.3 Å². The third-order valence-corrected chi connectivity index (χ3v) is 5.13. The Balaban J connectivity index is 1.47. The van der Waals surface area contributed by atoms with E-state index in [2.05, 4.69) is 9.98 Å². The van der Waals surface area contributed by atoms with Crippen molar-refractivity contribution in [3.8, 4) is 33.8 Å². The number of hydrogen-bond donors (Lipinski definition) is 2. The topological polar surface area (TPSA) is 65.2 Å². The van der Waals surface area contributed by atoms with E-state index < -0.39 is 0 Å². The molecule has 0 spiro atoms. The maximum absolute atomic E-state index is 10.3. The number of aromatic hydroxyl groups is 2. The molecule has 0 radical (unpaired) electrons. The lowest BCUT2D eigenvalue weighted by molar-refractivity contribution is 0.474. The number of phenolic OH excluding ortho intramolecular Hbond substituents is 2. The third kappa shape index (κ3) is 4.93. The number of hydrogen-bond acceptors (Lipinski definition) is 4. The van der Waals surface area contributed by atoms with Crippen LogP contribution in [0.15, 0.2) is 107 Å². The molecule has 4 heteroatoms. The molecule has 2 N–H and O–H groups in total. The predicted octanol–water partition coefficient (Wildman–Crippen LogP) is 5.97. The van der Waals surface area contributed by atoms with Gasteiger partial charge in [-0.05, 0) is 34.4 Å². The van der Waals surface area contributed by atoms with Gasteiger partial charge >= 0.3 is 0 Å². The van der Waals surface area contributed by atoms with Gasteiger partial charge in [-0.15, -0.1) is 0 Å². The molecule has 4 aromatic rings. The van der Waals surface area contributed by atoms with Crippen LogP contribution < -0.4 is 0 Å². The zero-order valence-corrected chi connectivity index (χ0v) is 17.6. The fourth-order valence-electron chi connectivity index (χ4n) is 3.54. The maximum Gasteiger partial charge on any atom is 0.124 e. The Labute approximate surface area is 187 Å². The summed E-state index contributed by atoms with van der Waals surface area (Å²) in [5.41, 5.74) is 5.29. The summed E-state index contributed by atoms with van der Waals surface area (Å²) in [6.07, 6.45) is 3.39. The molecule has 0 heterocycles. The first-order valence-electron chi connectivity index (χ1n) is 10.5. The number of rotatable bonds is 7. The van der Waals surface area contributed by atoms with Crippen LogP contribution in [0.5, 0.6) is 11.5 Å². The second-order valence-corrected chi connectivity index (χ2v) is 7.28.